The van der Waals surface area contributed by atoms with Gasteiger partial charge in [0.25, 0.3) is 0 Å². The molecule has 0 atom stereocenters. The highest BCUT2D eigenvalue weighted by atomic mass is 16.5. The topological polar surface area (TPSA) is 40.5 Å². The van der Waals surface area contributed by atoms with Gasteiger partial charge in [0, 0.05) is 11.8 Å². The molecule has 0 saturated heterocycles. The van der Waals surface area contributed by atoms with E-state index in [4.69, 9.17) is 0 Å². The fourth-order valence-corrected chi connectivity index (χ4v) is 3.92. The van der Waals surface area contributed by atoms with Crippen LogP contribution in [0.4, 0.5) is 0 Å². The monoisotopic (exact) mass is 384 g/mol. The molecule has 0 aromatic rings. The van der Waals surface area contributed by atoms with Crippen molar-refractivity contribution in [1.82, 2.24) is 0 Å². The van der Waals surface area contributed by atoms with Gasteiger partial charge in [-0.05, 0) is 12.8 Å². The van der Waals surface area contributed by atoms with Gasteiger partial charge in [-0.15, -0.1) is 0 Å². The fraction of sp³-hybridized carbons (Fsp3) is 1.00. The Balaban J connectivity index is 3.74. The van der Waals surface area contributed by atoms with Gasteiger partial charge in [-0.1, -0.05) is 130 Å². The summed E-state index contributed by atoms with van der Waals surface area (Å²) in [6.07, 6.45) is 23.2. The predicted molar refractivity (Wildman–Crippen MR) is 120 cm³/mol. The van der Waals surface area contributed by atoms with E-state index in [1.54, 1.807) is 0 Å². The zero-order valence-electron chi connectivity index (χ0n) is 19.3. The van der Waals surface area contributed by atoms with Gasteiger partial charge in [0.2, 0.25) is 0 Å². The summed E-state index contributed by atoms with van der Waals surface area (Å²) in [6, 6.07) is 0. The van der Waals surface area contributed by atoms with Crippen molar-refractivity contribution in [2.45, 2.75) is 155 Å². The predicted octanol–water partition coefficient (Wildman–Crippen LogP) is 8.15. The molecule has 2 nitrogen and oxygen atoms in total. The highest BCUT2D eigenvalue weighted by Gasteiger charge is 2.40. The quantitative estimate of drug-likeness (QED) is 0.164. The zero-order chi connectivity index (χ0) is 20.4. The number of aliphatic hydroxyl groups is 2. The Labute approximate surface area is 171 Å². The zero-order valence-corrected chi connectivity index (χ0v) is 19.3. The van der Waals surface area contributed by atoms with Crippen molar-refractivity contribution in [2.75, 3.05) is 0 Å². The van der Waals surface area contributed by atoms with E-state index in [2.05, 4.69) is 13.8 Å². The van der Waals surface area contributed by atoms with E-state index in [-0.39, 0.29) is 0 Å². The van der Waals surface area contributed by atoms with E-state index < -0.39 is 11.2 Å². The van der Waals surface area contributed by atoms with Crippen molar-refractivity contribution >= 4 is 0 Å². The average Bonchev–Trinajstić information content (AvgIpc) is 2.62. The number of hydrogen-bond acceptors (Lipinski definition) is 2. The van der Waals surface area contributed by atoms with E-state index in [1.165, 1.54) is 89.9 Å². The van der Waals surface area contributed by atoms with Gasteiger partial charge in [-0.2, -0.15) is 0 Å². The maximum absolute atomic E-state index is 10.6. The molecule has 0 fully saturated rings. The van der Waals surface area contributed by atoms with Gasteiger partial charge in [-0.25, -0.2) is 0 Å². The second-order valence-electron chi connectivity index (χ2n) is 9.50. The molecule has 0 aromatic carbocycles. The molecule has 0 aliphatic carbocycles. The summed E-state index contributed by atoms with van der Waals surface area (Å²) >= 11 is 0. The summed E-state index contributed by atoms with van der Waals surface area (Å²) in [6.45, 7) is 8.57. The Morgan fingerprint density at radius 1 is 0.444 bits per heavy atom. The van der Waals surface area contributed by atoms with Gasteiger partial charge in [-0.3, -0.25) is 0 Å². The molecule has 27 heavy (non-hydrogen) atoms. The van der Waals surface area contributed by atoms with E-state index in [1.807, 2.05) is 13.8 Å². The highest BCUT2D eigenvalue weighted by Crippen LogP contribution is 2.38. The third-order valence-corrected chi connectivity index (χ3v) is 6.37. The van der Waals surface area contributed by atoms with Crippen LogP contribution in [0.5, 0.6) is 0 Å². The summed E-state index contributed by atoms with van der Waals surface area (Å²) < 4.78 is 0. The van der Waals surface area contributed by atoms with Crippen LogP contribution < -0.4 is 0 Å². The summed E-state index contributed by atoms with van der Waals surface area (Å²) in [4.78, 5) is 0. The van der Waals surface area contributed by atoms with Crippen molar-refractivity contribution in [3.8, 4) is 0 Å². The molecule has 0 rings (SSSR count). The Kier molecular flexibility index (Phi) is 16.8. The van der Waals surface area contributed by atoms with E-state index in [9.17, 15) is 10.2 Å². The Morgan fingerprint density at radius 2 is 0.741 bits per heavy atom. The third kappa shape index (κ3) is 14.6. The van der Waals surface area contributed by atoms with Crippen LogP contribution >= 0.6 is 0 Å². The smallest absolute Gasteiger partial charge is 0.167 e. The minimum Gasteiger partial charge on any atom is -0.365 e. The van der Waals surface area contributed by atoms with Crippen LogP contribution in [0.2, 0.25) is 0 Å². The van der Waals surface area contributed by atoms with Gasteiger partial charge in [0.1, 0.15) is 0 Å². The Hall–Kier alpha value is -0.0800. The molecule has 0 radical (unpaired) electrons. The van der Waals surface area contributed by atoms with Crippen LogP contribution in [-0.4, -0.2) is 16.0 Å². The lowest BCUT2D eigenvalue weighted by Crippen LogP contribution is -2.44. The van der Waals surface area contributed by atoms with E-state index >= 15 is 0 Å². The van der Waals surface area contributed by atoms with E-state index in [0.717, 1.165) is 25.7 Å². The summed E-state index contributed by atoms with van der Waals surface area (Å²) in [7, 11) is 0. The molecule has 0 aliphatic rings. The molecule has 0 spiro atoms. The normalized spacial score (nSPS) is 12.7. The summed E-state index contributed by atoms with van der Waals surface area (Å²) in [5.41, 5.74) is -0.407. The fourth-order valence-electron chi connectivity index (χ4n) is 3.92. The summed E-state index contributed by atoms with van der Waals surface area (Å²) in [5, 5.41) is 21.2. The second kappa shape index (κ2) is 16.8. The van der Waals surface area contributed by atoms with Crippen LogP contribution in [0, 0.1) is 5.41 Å². The van der Waals surface area contributed by atoms with Crippen LogP contribution in [0.15, 0.2) is 0 Å². The number of unbranched alkanes of at least 4 members (excludes halogenated alkanes) is 15. The molecule has 2 N–H and O–H groups in total. The largest absolute Gasteiger partial charge is 0.365 e. The molecule has 0 aromatic heterocycles. The van der Waals surface area contributed by atoms with Gasteiger partial charge < -0.3 is 10.2 Å². The first-order valence-corrected chi connectivity index (χ1v) is 12.3. The molecule has 0 amide bonds. The van der Waals surface area contributed by atoms with Crippen molar-refractivity contribution in [3.63, 3.8) is 0 Å². The third-order valence-electron chi connectivity index (χ3n) is 6.37. The van der Waals surface area contributed by atoms with Crippen molar-refractivity contribution in [2.24, 2.45) is 5.41 Å². The van der Waals surface area contributed by atoms with Gasteiger partial charge >= 0.3 is 0 Å². The molecule has 0 heterocycles. The number of hydrogen-bond donors (Lipinski definition) is 2. The molecule has 164 valence electrons. The highest BCUT2D eigenvalue weighted by molar-refractivity contribution is 4.84. The van der Waals surface area contributed by atoms with Gasteiger partial charge in [0.15, 0.2) is 5.79 Å². The number of rotatable bonds is 20. The van der Waals surface area contributed by atoms with Crippen molar-refractivity contribution in [1.29, 1.82) is 0 Å². The molecule has 2 heteroatoms. The molecule has 0 saturated carbocycles. The first kappa shape index (κ1) is 26.9. The molecular weight excluding hydrogens is 332 g/mol. The van der Waals surface area contributed by atoms with Crippen molar-refractivity contribution < 1.29 is 10.2 Å². The molecule has 0 bridgehead atoms. The van der Waals surface area contributed by atoms with E-state index in [0.29, 0.717) is 6.42 Å². The second-order valence-corrected chi connectivity index (χ2v) is 9.50. The van der Waals surface area contributed by atoms with Crippen LogP contribution in [0.3, 0.4) is 0 Å². The Bertz CT molecular complexity index is 309. The lowest BCUT2D eigenvalue weighted by molar-refractivity contribution is -0.240. The summed E-state index contributed by atoms with van der Waals surface area (Å²) in [5.74, 6) is -1.52. The maximum Gasteiger partial charge on any atom is 0.167 e. The lowest BCUT2D eigenvalue weighted by atomic mass is 9.76. The standard InChI is InChI=1S/C25H52O2/c1-5-7-9-11-13-15-16-18-20-22-24(3,4)25(26,27)23-21-19-17-14-12-10-8-6-2/h26-27H,5-23H2,1-4H3. The van der Waals surface area contributed by atoms with Crippen LogP contribution in [0.25, 0.3) is 0 Å². The molecule has 0 unspecified atom stereocenters. The lowest BCUT2D eigenvalue weighted by Gasteiger charge is -2.39. The van der Waals surface area contributed by atoms with Crippen LogP contribution in [-0.2, 0) is 0 Å². The Morgan fingerprint density at radius 3 is 1.11 bits per heavy atom. The molecule has 0 aliphatic heterocycles. The van der Waals surface area contributed by atoms with Gasteiger partial charge in [0.05, 0.1) is 0 Å². The maximum atomic E-state index is 10.6. The average molecular weight is 385 g/mol. The molecular formula is C25H52O2. The minimum atomic E-state index is -1.52. The first-order chi connectivity index (χ1) is 12.9. The minimum absolute atomic E-state index is 0.407. The van der Waals surface area contributed by atoms with Crippen LogP contribution in [0.1, 0.15) is 150 Å². The van der Waals surface area contributed by atoms with Crippen molar-refractivity contribution in [3.05, 3.63) is 0 Å². The SMILES string of the molecule is CCCCCCCCCCCC(C)(C)C(O)(O)CCCCCCCCCC. The first-order valence-electron chi connectivity index (χ1n) is 12.3.